The lowest BCUT2D eigenvalue weighted by Crippen LogP contribution is -2.39. The fourth-order valence-corrected chi connectivity index (χ4v) is 2.63. The maximum Gasteiger partial charge on any atom is 0.253 e. The van der Waals surface area contributed by atoms with E-state index < -0.39 is 0 Å². The van der Waals surface area contributed by atoms with Crippen LogP contribution in [-0.2, 0) is 4.79 Å². The number of rotatable bonds is 6. The molecule has 2 heterocycles. The molecule has 0 saturated heterocycles. The van der Waals surface area contributed by atoms with Crippen LogP contribution in [0.1, 0.15) is 30.1 Å². The molecule has 0 aromatic carbocycles. The molecular weight excluding hydrogens is 280 g/mol. The summed E-state index contributed by atoms with van der Waals surface area (Å²) >= 11 is 0. The number of aromatic nitrogens is 1. The number of amides is 2. The predicted octanol–water partition coefficient (Wildman–Crippen LogP) is 0.707. The molecule has 1 aliphatic heterocycles. The maximum absolute atomic E-state index is 12.1. The molecule has 2 amide bonds. The lowest BCUT2D eigenvalue weighted by atomic mass is 10.0. The van der Waals surface area contributed by atoms with Gasteiger partial charge in [-0.25, -0.2) is 0 Å². The number of hydrogen-bond acceptors (Lipinski definition) is 4. The van der Waals surface area contributed by atoms with Gasteiger partial charge in [0.25, 0.3) is 5.91 Å². The van der Waals surface area contributed by atoms with E-state index in [1.165, 1.54) is 5.57 Å². The van der Waals surface area contributed by atoms with Gasteiger partial charge in [-0.2, -0.15) is 0 Å². The van der Waals surface area contributed by atoms with Gasteiger partial charge in [0, 0.05) is 31.5 Å². The van der Waals surface area contributed by atoms with Crippen molar-refractivity contribution in [2.45, 2.75) is 25.8 Å². The van der Waals surface area contributed by atoms with Crippen LogP contribution in [-0.4, -0.2) is 47.4 Å². The van der Waals surface area contributed by atoms with Crippen molar-refractivity contribution >= 4 is 11.8 Å². The number of nitrogens with one attached hydrogen (secondary N) is 1. The first kappa shape index (κ1) is 16.2. The summed E-state index contributed by atoms with van der Waals surface area (Å²) in [4.78, 5) is 29.0. The van der Waals surface area contributed by atoms with Crippen LogP contribution in [0.25, 0.3) is 0 Å². The quantitative estimate of drug-likeness (QED) is 0.757. The maximum atomic E-state index is 12.1. The molecule has 1 aromatic heterocycles. The fraction of sp³-hybridized carbons (Fsp3) is 0.438. The Bertz CT molecular complexity index is 557. The second-order valence-electron chi connectivity index (χ2n) is 5.65. The summed E-state index contributed by atoms with van der Waals surface area (Å²) in [7, 11) is 0. The number of nitrogens with two attached hydrogens (primary N) is 1. The van der Waals surface area contributed by atoms with E-state index >= 15 is 0 Å². The number of carbonyl (C=O) groups excluding carboxylic acids is 2. The molecule has 22 heavy (non-hydrogen) atoms. The van der Waals surface area contributed by atoms with Crippen LogP contribution < -0.4 is 11.1 Å². The second kappa shape index (κ2) is 7.70. The Kier molecular flexibility index (Phi) is 5.66. The second-order valence-corrected chi connectivity index (χ2v) is 5.65. The Labute approximate surface area is 130 Å². The molecule has 1 aliphatic rings. The first-order valence-electron chi connectivity index (χ1n) is 7.44. The average molecular weight is 302 g/mol. The number of hydrogen-bond donors (Lipinski definition) is 2. The van der Waals surface area contributed by atoms with Crippen LogP contribution in [0.2, 0.25) is 0 Å². The summed E-state index contributed by atoms with van der Waals surface area (Å²) in [5, 5.41) is 2.97. The van der Waals surface area contributed by atoms with Gasteiger partial charge in [0.05, 0.1) is 12.1 Å². The van der Waals surface area contributed by atoms with Gasteiger partial charge in [-0.1, -0.05) is 11.6 Å². The van der Waals surface area contributed by atoms with Gasteiger partial charge in [0.2, 0.25) is 5.91 Å². The predicted molar refractivity (Wildman–Crippen MR) is 84.1 cm³/mol. The molecule has 3 N–H and O–H groups in total. The van der Waals surface area contributed by atoms with Crippen molar-refractivity contribution in [2.75, 3.05) is 19.6 Å². The highest BCUT2D eigenvalue weighted by Crippen LogP contribution is 2.14. The van der Waals surface area contributed by atoms with E-state index in [1.807, 2.05) is 11.8 Å². The zero-order valence-corrected chi connectivity index (χ0v) is 12.8. The highest BCUT2D eigenvalue weighted by Gasteiger charge is 2.17. The van der Waals surface area contributed by atoms with Crippen molar-refractivity contribution in [1.82, 2.24) is 15.2 Å². The Balaban J connectivity index is 1.84. The number of carbonyl (C=O) groups is 2. The van der Waals surface area contributed by atoms with Crippen molar-refractivity contribution in [3.63, 3.8) is 0 Å². The topological polar surface area (TPSA) is 88.3 Å². The zero-order valence-electron chi connectivity index (χ0n) is 12.8. The van der Waals surface area contributed by atoms with Crippen LogP contribution in [0, 0.1) is 0 Å². The highest BCUT2D eigenvalue weighted by atomic mass is 16.2. The third-order valence-electron chi connectivity index (χ3n) is 3.55. The molecule has 118 valence electrons. The van der Waals surface area contributed by atoms with Gasteiger partial charge < -0.3 is 11.1 Å². The van der Waals surface area contributed by atoms with E-state index in [-0.39, 0.29) is 24.4 Å². The summed E-state index contributed by atoms with van der Waals surface area (Å²) in [5.74, 6) is -0.426. The normalized spacial score (nSPS) is 16.7. The van der Waals surface area contributed by atoms with E-state index in [1.54, 1.807) is 24.5 Å². The summed E-state index contributed by atoms with van der Waals surface area (Å²) in [6.45, 7) is 3.84. The van der Waals surface area contributed by atoms with E-state index in [0.717, 1.165) is 25.9 Å². The Morgan fingerprint density at radius 2 is 2.32 bits per heavy atom. The summed E-state index contributed by atoms with van der Waals surface area (Å²) in [5.41, 5.74) is 7.02. The first-order chi connectivity index (χ1) is 10.5. The van der Waals surface area contributed by atoms with Crippen molar-refractivity contribution in [3.8, 4) is 0 Å². The van der Waals surface area contributed by atoms with Crippen LogP contribution in [0.5, 0.6) is 0 Å². The van der Waals surface area contributed by atoms with Crippen molar-refractivity contribution in [3.05, 3.63) is 41.7 Å². The smallest absolute Gasteiger partial charge is 0.253 e. The molecule has 0 saturated carbocycles. The monoisotopic (exact) mass is 302 g/mol. The SMILES string of the molecule is CC(CC1=CCCN(CC(N)=O)C1)NC(=O)c1cccnc1. The van der Waals surface area contributed by atoms with Gasteiger partial charge in [-0.3, -0.25) is 19.5 Å². The number of pyridine rings is 1. The molecule has 0 fully saturated rings. The van der Waals surface area contributed by atoms with Crippen molar-refractivity contribution in [2.24, 2.45) is 5.73 Å². The standard InChI is InChI=1S/C16H22N4O2/c1-12(19-16(22)14-5-2-6-18-9-14)8-13-4-3-7-20(10-13)11-15(17)21/h2,4-6,9,12H,3,7-8,10-11H2,1H3,(H2,17,21)(H,19,22). The van der Waals surface area contributed by atoms with E-state index in [9.17, 15) is 9.59 Å². The molecule has 2 rings (SSSR count). The van der Waals surface area contributed by atoms with Crippen LogP contribution >= 0.6 is 0 Å². The largest absolute Gasteiger partial charge is 0.369 e. The summed E-state index contributed by atoms with van der Waals surface area (Å²) in [6.07, 6.45) is 7.05. The van der Waals surface area contributed by atoms with Gasteiger partial charge >= 0.3 is 0 Å². The molecule has 0 aliphatic carbocycles. The minimum Gasteiger partial charge on any atom is -0.369 e. The highest BCUT2D eigenvalue weighted by molar-refractivity contribution is 5.93. The fourth-order valence-electron chi connectivity index (χ4n) is 2.63. The molecule has 1 atom stereocenters. The molecule has 6 heteroatoms. The minimum absolute atomic E-state index is 0.0208. The Morgan fingerprint density at radius 3 is 3.00 bits per heavy atom. The summed E-state index contributed by atoms with van der Waals surface area (Å²) in [6, 6.07) is 3.50. The van der Waals surface area contributed by atoms with Crippen LogP contribution in [0.15, 0.2) is 36.2 Å². The third kappa shape index (κ3) is 4.96. The molecule has 0 bridgehead atoms. The van der Waals surface area contributed by atoms with E-state index in [2.05, 4.69) is 16.4 Å². The van der Waals surface area contributed by atoms with Gasteiger partial charge in [0.15, 0.2) is 0 Å². The van der Waals surface area contributed by atoms with Crippen molar-refractivity contribution in [1.29, 1.82) is 0 Å². The average Bonchev–Trinajstić information content (AvgIpc) is 2.47. The van der Waals surface area contributed by atoms with Crippen LogP contribution in [0.4, 0.5) is 0 Å². The van der Waals surface area contributed by atoms with Gasteiger partial charge in [0.1, 0.15) is 0 Å². The Hall–Kier alpha value is -2.21. The van der Waals surface area contributed by atoms with Gasteiger partial charge in [-0.15, -0.1) is 0 Å². The molecule has 0 spiro atoms. The molecular formula is C16H22N4O2. The van der Waals surface area contributed by atoms with E-state index in [0.29, 0.717) is 5.56 Å². The Morgan fingerprint density at radius 1 is 1.50 bits per heavy atom. The molecule has 6 nitrogen and oxygen atoms in total. The first-order valence-corrected chi connectivity index (χ1v) is 7.44. The third-order valence-corrected chi connectivity index (χ3v) is 3.55. The molecule has 1 unspecified atom stereocenters. The summed E-state index contributed by atoms with van der Waals surface area (Å²) < 4.78 is 0. The number of nitrogens with zero attached hydrogens (tertiary/aromatic N) is 2. The molecule has 0 radical (unpaired) electrons. The van der Waals surface area contributed by atoms with Gasteiger partial charge in [-0.05, 0) is 31.9 Å². The van der Waals surface area contributed by atoms with E-state index in [4.69, 9.17) is 5.73 Å². The van der Waals surface area contributed by atoms with Crippen molar-refractivity contribution < 1.29 is 9.59 Å². The molecule has 1 aromatic rings. The minimum atomic E-state index is -0.306. The van der Waals surface area contributed by atoms with Crippen LogP contribution in [0.3, 0.4) is 0 Å². The zero-order chi connectivity index (χ0) is 15.9. The lowest BCUT2D eigenvalue weighted by molar-refractivity contribution is -0.119. The lowest BCUT2D eigenvalue weighted by Gasteiger charge is -2.27. The number of primary amides is 1.